The molecule has 82 valence electrons. The van der Waals surface area contributed by atoms with E-state index in [4.69, 9.17) is 0 Å². The van der Waals surface area contributed by atoms with Crippen LogP contribution >= 0.6 is 0 Å². The van der Waals surface area contributed by atoms with Gasteiger partial charge in [0.2, 0.25) is 0 Å². The average Bonchev–Trinajstić information content (AvgIpc) is 2.29. The third-order valence-electron chi connectivity index (χ3n) is 3.13. The number of hydrogen-bond acceptors (Lipinski definition) is 0. The maximum atomic E-state index is 3.94. The van der Waals surface area contributed by atoms with Crippen molar-refractivity contribution in [3.63, 3.8) is 0 Å². The van der Waals surface area contributed by atoms with Gasteiger partial charge >= 0.3 is 0 Å². The predicted molar refractivity (Wildman–Crippen MR) is 71.7 cm³/mol. The Kier molecular flexibility index (Phi) is 3.09. The van der Waals surface area contributed by atoms with Gasteiger partial charge in [-0.15, -0.1) is 6.58 Å². The molecule has 2 aromatic rings. The Bertz CT molecular complexity index is 494. The third kappa shape index (κ3) is 2.01. The summed E-state index contributed by atoms with van der Waals surface area (Å²) in [5.41, 5.74) is 1.36. The van der Waals surface area contributed by atoms with Crippen molar-refractivity contribution in [2.24, 2.45) is 5.92 Å². The van der Waals surface area contributed by atoms with Crippen molar-refractivity contribution in [1.29, 1.82) is 0 Å². The summed E-state index contributed by atoms with van der Waals surface area (Å²) in [6.45, 7) is 8.41. The summed E-state index contributed by atoms with van der Waals surface area (Å²) >= 11 is 0. The van der Waals surface area contributed by atoms with E-state index in [1.54, 1.807) is 0 Å². The van der Waals surface area contributed by atoms with Gasteiger partial charge in [-0.3, -0.25) is 0 Å². The minimum absolute atomic E-state index is 0.449. The molecule has 2 rings (SSSR count). The average molecular weight is 210 g/mol. The first kappa shape index (κ1) is 10.9. The molecule has 0 saturated carbocycles. The number of benzene rings is 2. The second kappa shape index (κ2) is 4.52. The number of hydrogen-bond donors (Lipinski definition) is 0. The second-order valence-corrected chi connectivity index (χ2v) is 4.61. The summed E-state index contributed by atoms with van der Waals surface area (Å²) in [7, 11) is 0. The SMILES string of the molecule is C=C[C@H](c1ccc2ccccc2c1)C(C)C. The Morgan fingerprint density at radius 1 is 1.00 bits per heavy atom. The molecule has 1 atom stereocenters. The van der Waals surface area contributed by atoms with Crippen molar-refractivity contribution in [1.82, 2.24) is 0 Å². The van der Waals surface area contributed by atoms with E-state index < -0.39 is 0 Å². The molecule has 0 aliphatic heterocycles. The molecular formula is C16H18. The normalized spacial score (nSPS) is 12.9. The van der Waals surface area contributed by atoms with Crippen molar-refractivity contribution in [3.8, 4) is 0 Å². The van der Waals surface area contributed by atoms with E-state index in [-0.39, 0.29) is 0 Å². The standard InChI is InChI=1S/C16H18/c1-4-16(12(2)3)15-10-9-13-7-5-6-8-14(13)11-15/h4-12,16H,1H2,2-3H3/t16-/m0/s1. The van der Waals surface area contributed by atoms with Crippen LogP contribution in [-0.4, -0.2) is 0 Å². The monoisotopic (exact) mass is 210 g/mol. The number of rotatable bonds is 3. The van der Waals surface area contributed by atoms with Crippen LogP contribution in [0, 0.1) is 5.92 Å². The summed E-state index contributed by atoms with van der Waals surface area (Å²) in [6, 6.07) is 15.2. The lowest BCUT2D eigenvalue weighted by Crippen LogP contribution is -2.02. The molecule has 0 fully saturated rings. The topological polar surface area (TPSA) is 0 Å². The van der Waals surface area contributed by atoms with Gasteiger partial charge in [0.05, 0.1) is 0 Å². The summed E-state index contributed by atoms with van der Waals surface area (Å²) < 4.78 is 0. The van der Waals surface area contributed by atoms with E-state index in [0.717, 1.165) is 0 Å². The first-order valence-electron chi connectivity index (χ1n) is 5.83. The molecule has 2 aromatic carbocycles. The van der Waals surface area contributed by atoms with Crippen molar-refractivity contribution >= 4 is 10.8 Å². The summed E-state index contributed by atoms with van der Waals surface area (Å²) in [5.74, 6) is 1.04. The van der Waals surface area contributed by atoms with E-state index >= 15 is 0 Å². The first-order chi connectivity index (χ1) is 7.72. The third-order valence-corrected chi connectivity index (χ3v) is 3.13. The molecule has 0 aromatic heterocycles. The highest BCUT2D eigenvalue weighted by atomic mass is 14.2. The van der Waals surface area contributed by atoms with Crippen LogP contribution in [0.15, 0.2) is 55.1 Å². The highest BCUT2D eigenvalue weighted by Crippen LogP contribution is 2.28. The zero-order chi connectivity index (χ0) is 11.5. The molecule has 0 heterocycles. The van der Waals surface area contributed by atoms with Gasteiger partial charge < -0.3 is 0 Å². The Labute approximate surface area is 97.6 Å². The fourth-order valence-electron chi connectivity index (χ4n) is 2.21. The zero-order valence-electron chi connectivity index (χ0n) is 9.98. The smallest absolute Gasteiger partial charge is 0.00385 e. The van der Waals surface area contributed by atoms with Crippen molar-refractivity contribution in [3.05, 3.63) is 60.7 Å². The Hall–Kier alpha value is -1.56. The minimum Gasteiger partial charge on any atom is -0.102 e. The number of allylic oxidation sites excluding steroid dienone is 1. The molecular weight excluding hydrogens is 192 g/mol. The lowest BCUT2D eigenvalue weighted by molar-refractivity contribution is 0.579. The molecule has 0 nitrogen and oxygen atoms in total. The molecule has 0 bridgehead atoms. The van der Waals surface area contributed by atoms with Gasteiger partial charge in [-0.05, 0) is 22.3 Å². The van der Waals surface area contributed by atoms with E-state index in [1.807, 2.05) is 0 Å². The van der Waals surface area contributed by atoms with Crippen molar-refractivity contribution < 1.29 is 0 Å². The molecule has 0 radical (unpaired) electrons. The fraction of sp³-hybridized carbons (Fsp3) is 0.250. The van der Waals surface area contributed by atoms with Gasteiger partial charge in [0.15, 0.2) is 0 Å². The first-order valence-corrected chi connectivity index (χ1v) is 5.83. The number of fused-ring (bicyclic) bond motifs is 1. The molecule has 0 heteroatoms. The van der Waals surface area contributed by atoms with Gasteiger partial charge in [0.25, 0.3) is 0 Å². The van der Waals surface area contributed by atoms with E-state index in [2.05, 4.69) is 69.0 Å². The van der Waals surface area contributed by atoms with E-state index in [1.165, 1.54) is 16.3 Å². The van der Waals surface area contributed by atoms with Crippen molar-refractivity contribution in [2.45, 2.75) is 19.8 Å². The van der Waals surface area contributed by atoms with Gasteiger partial charge in [-0.2, -0.15) is 0 Å². The molecule has 0 spiro atoms. The molecule has 0 amide bonds. The Balaban J connectivity index is 2.49. The summed E-state index contributed by atoms with van der Waals surface area (Å²) in [6.07, 6.45) is 2.05. The molecule has 0 N–H and O–H groups in total. The van der Waals surface area contributed by atoms with Crippen LogP contribution in [0.2, 0.25) is 0 Å². The zero-order valence-corrected chi connectivity index (χ0v) is 9.98. The fourth-order valence-corrected chi connectivity index (χ4v) is 2.21. The van der Waals surface area contributed by atoms with Crippen LogP contribution in [-0.2, 0) is 0 Å². The van der Waals surface area contributed by atoms with Gasteiger partial charge in [-0.25, -0.2) is 0 Å². The van der Waals surface area contributed by atoms with Gasteiger partial charge in [-0.1, -0.05) is 62.4 Å². The van der Waals surface area contributed by atoms with Crippen LogP contribution in [0.25, 0.3) is 10.8 Å². The van der Waals surface area contributed by atoms with Crippen LogP contribution in [0.5, 0.6) is 0 Å². The second-order valence-electron chi connectivity index (χ2n) is 4.61. The largest absolute Gasteiger partial charge is 0.102 e. The van der Waals surface area contributed by atoms with Gasteiger partial charge in [0.1, 0.15) is 0 Å². The highest BCUT2D eigenvalue weighted by Gasteiger charge is 2.11. The van der Waals surface area contributed by atoms with Gasteiger partial charge in [0, 0.05) is 5.92 Å². The lowest BCUT2D eigenvalue weighted by atomic mass is 9.87. The molecule has 0 aliphatic carbocycles. The predicted octanol–water partition coefficient (Wildman–Crippen LogP) is 4.77. The lowest BCUT2D eigenvalue weighted by Gasteiger charge is -2.17. The molecule has 16 heavy (non-hydrogen) atoms. The van der Waals surface area contributed by atoms with Crippen LogP contribution < -0.4 is 0 Å². The van der Waals surface area contributed by atoms with E-state index in [0.29, 0.717) is 11.8 Å². The molecule has 0 saturated heterocycles. The van der Waals surface area contributed by atoms with E-state index in [9.17, 15) is 0 Å². The van der Waals surface area contributed by atoms with Crippen LogP contribution in [0.4, 0.5) is 0 Å². The Morgan fingerprint density at radius 2 is 1.69 bits per heavy atom. The van der Waals surface area contributed by atoms with Crippen LogP contribution in [0.3, 0.4) is 0 Å². The molecule has 0 unspecified atom stereocenters. The highest BCUT2D eigenvalue weighted by molar-refractivity contribution is 5.83. The summed E-state index contributed by atoms with van der Waals surface area (Å²) in [5, 5.41) is 2.62. The Morgan fingerprint density at radius 3 is 2.31 bits per heavy atom. The van der Waals surface area contributed by atoms with Crippen molar-refractivity contribution in [2.75, 3.05) is 0 Å². The van der Waals surface area contributed by atoms with Crippen LogP contribution in [0.1, 0.15) is 25.3 Å². The quantitative estimate of drug-likeness (QED) is 0.640. The maximum Gasteiger partial charge on any atom is 0.00385 e. The molecule has 0 aliphatic rings. The maximum absolute atomic E-state index is 3.94. The summed E-state index contributed by atoms with van der Waals surface area (Å²) in [4.78, 5) is 0. The minimum atomic E-state index is 0.449.